The molecule has 2 rings (SSSR count). The average molecular weight is 306 g/mol. The van der Waals surface area contributed by atoms with E-state index in [9.17, 15) is 0 Å². The van der Waals surface area contributed by atoms with Crippen molar-refractivity contribution in [1.29, 1.82) is 0 Å². The summed E-state index contributed by atoms with van der Waals surface area (Å²) in [6, 6.07) is 5.65. The summed E-state index contributed by atoms with van der Waals surface area (Å²) < 4.78 is 1.08. The molecule has 4 nitrogen and oxygen atoms in total. The van der Waals surface area contributed by atoms with E-state index in [1.165, 1.54) is 0 Å². The van der Waals surface area contributed by atoms with E-state index in [1.807, 2.05) is 18.2 Å². The van der Waals surface area contributed by atoms with Crippen molar-refractivity contribution in [3.63, 3.8) is 0 Å². The third-order valence-electron chi connectivity index (χ3n) is 1.51. The van der Waals surface area contributed by atoms with Gasteiger partial charge in [-0.15, -0.1) is 10.2 Å². The Labute approximate surface area is 92.8 Å². The Balaban J connectivity index is 2.57. The van der Waals surface area contributed by atoms with E-state index in [4.69, 9.17) is 11.6 Å². The number of nitrogens with zero attached hydrogens (tertiary/aromatic N) is 3. The fourth-order valence-corrected chi connectivity index (χ4v) is 1.64. The number of rotatable bonds is 1. The molecule has 0 amide bonds. The Morgan fingerprint density at radius 3 is 2.92 bits per heavy atom. The fourth-order valence-electron chi connectivity index (χ4n) is 0.945. The predicted molar refractivity (Wildman–Crippen MR) is 57.3 cm³/mol. The van der Waals surface area contributed by atoms with E-state index < -0.39 is 0 Å². The molecule has 0 aliphatic heterocycles. The number of tetrazole rings is 1. The van der Waals surface area contributed by atoms with Crippen LogP contribution < -0.4 is 0 Å². The van der Waals surface area contributed by atoms with Crippen molar-refractivity contribution in [3.05, 3.63) is 26.8 Å². The molecule has 2 aromatic rings. The zero-order valence-electron chi connectivity index (χ0n) is 6.33. The number of hydrogen-bond donors (Lipinski definition) is 1. The van der Waals surface area contributed by atoms with Crippen LogP contribution in [0.25, 0.3) is 11.4 Å². The number of halogens is 2. The molecular formula is C7H4ClIN4. The summed E-state index contributed by atoms with van der Waals surface area (Å²) in [5.74, 6) is 0.517. The van der Waals surface area contributed by atoms with Crippen molar-refractivity contribution >= 4 is 34.2 Å². The first kappa shape index (κ1) is 8.89. The summed E-state index contributed by atoms with van der Waals surface area (Å²) in [6.45, 7) is 0. The zero-order chi connectivity index (χ0) is 9.26. The Hall–Kier alpha value is -0.690. The summed E-state index contributed by atoms with van der Waals surface area (Å²) in [4.78, 5) is 0. The van der Waals surface area contributed by atoms with E-state index in [1.54, 1.807) is 0 Å². The normalized spacial score (nSPS) is 10.3. The molecule has 0 bridgehead atoms. The van der Waals surface area contributed by atoms with Crippen LogP contribution >= 0.6 is 34.2 Å². The van der Waals surface area contributed by atoms with Crippen LogP contribution in [-0.2, 0) is 0 Å². The van der Waals surface area contributed by atoms with Gasteiger partial charge in [0.1, 0.15) is 0 Å². The van der Waals surface area contributed by atoms with Crippen molar-refractivity contribution < 1.29 is 0 Å². The minimum absolute atomic E-state index is 0.517. The smallest absolute Gasteiger partial charge is 0.177 e. The first-order valence-electron chi connectivity index (χ1n) is 3.46. The van der Waals surface area contributed by atoms with Gasteiger partial charge in [0, 0.05) is 9.13 Å². The fraction of sp³-hybridized carbons (Fsp3) is 0. The van der Waals surface area contributed by atoms with E-state index in [2.05, 4.69) is 43.2 Å². The third kappa shape index (κ3) is 1.80. The average Bonchev–Trinajstić information content (AvgIpc) is 2.61. The number of benzene rings is 1. The van der Waals surface area contributed by atoms with Gasteiger partial charge in [0.25, 0.3) is 0 Å². The van der Waals surface area contributed by atoms with Gasteiger partial charge in [-0.05, 0) is 46.0 Å². The molecule has 0 fully saturated rings. The molecule has 6 heteroatoms. The highest BCUT2D eigenvalue weighted by Crippen LogP contribution is 2.25. The SMILES string of the molecule is Clc1ccc(I)cc1-c1nn[nH]n1. The molecule has 13 heavy (non-hydrogen) atoms. The van der Waals surface area contributed by atoms with Crippen molar-refractivity contribution in [2.75, 3.05) is 0 Å². The van der Waals surface area contributed by atoms with E-state index >= 15 is 0 Å². The van der Waals surface area contributed by atoms with Crippen molar-refractivity contribution in [1.82, 2.24) is 20.6 Å². The number of nitrogens with one attached hydrogen (secondary N) is 1. The number of aromatic amines is 1. The van der Waals surface area contributed by atoms with Crippen LogP contribution in [0.15, 0.2) is 18.2 Å². The summed E-state index contributed by atoms with van der Waals surface area (Å²) in [7, 11) is 0. The maximum Gasteiger partial charge on any atom is 0.206 e. The molecular weight excluding hydrogens is 302 g/mol. The minimum Gasteiger partial charge on any atom is -0.177 e. The van der Waals surface area contributed by atoms with Gasteiger partial charge in [-0.1, -0.05) is 11.6 Å². The highest BCUT2D eigenvalue weighted by Gasteiger charge is 2.07. The first-order valence-corrected chi connectivity index (χ1v) is 4.92. The lowest BCUT2D eigenvalue weighted by Crippen LogP contribution is -1.83. The van der Waals surface area contributed by atoms with Gasteiger partial charge in [0.15, 0.2) is 0 Å². The molecule has 0 saturated carbocycles. The molecule has 0 aliphatic carbocycles. The molecule has 1 heterocycles. The molecule has 0 radical (unpaired) electrons. The van der Waals surface area contributed by atoms with Gasteiger partial charge in [0.2, 0.25) is 5.82 Å². The van der Waals surface area contributed by atoms with Crippen LogP contribution in [0.2, 0.25) is 5.02 Å². The van der Waals surface area contributed by atoms with Crippen molar-refractivity contribution in [3.8, 4) is 11.4 Å². The van der Waals surface area contributed by atoms with Crippen LogP contribution in [0, 0.1) is 3.57 Å². The van der Waals surface area contributed by atoms with Gasteiger partial charge < -0.3 is 0 Å². The summed E-state index contributed by atoms with van der Waals surface area (Å²) in [5.41, 5.74) is 0.794. The molecule has 0 aliphatic rings. The van der Waals surface area contributed by atoms with Crippen LogP contribution in [0.4, 0.5) is 0 Å². The van der Waals surface area contributed by atoms with Crippen LogP contribution in [0.1, 0.15) is 0 Å². The Morgan fingerprint density at radius 1 is 1.38 bits per heavy atom. The first-order chi connectivity index (χ1) is 6.27. The Morgan fingerprint density at radius 2 is 2.23 bits per heavy atom. The molecule has 1 N–H and O–H groups in total. The van der Waals surface area contributed by atoms with Gasteiger partial charge >= 0.3 is 0 Å². The maximum atomic E-state index is 5.96. The second-order valence-corrected chi connectivity index (χ2v) is 4.01. The van der Waals surface area contributed by atoms with E-state index in [0.717, 1.165) is 9.13 Å². The Bertz CT molecular complexity index is 414. The number of aromatic nitrogens is 4. The molecule has 66 valence electrons. The monoisotopic (exact) mass is 306 g/mol. The quantitative estimate of drug-likeness (QED) is 0.821. The summed E-state index contributed by atoms with van der Waals surface area (Å²) in [5, 5.41) is 14.2. The van der Waals surface area contributed by atoms with Crippen LogP contribution in [-0.4, -0.2) is 20.6 Å². The standard InChI is InChI=1S/C7H4ClIN4/c8-6-2-1-4(9)3-5(6)7-10-12-13-11-7/h1-3H,(H,10,11,12,13). The summed E-state index contributed by atoms with van der Waals surface area (Å²) >= 11 is 8.16. The number of hydrogen-bond acceptors (Lipinski definition) is 3. The predicted octanol–water partition coefficient (Wildman–Crippen LogP) is 2.12. The molecule has 0 saturated heterocycles. The number of H-pyrrole nitrogens is 1. The van der Waals surface area contributed by atoms with Crippen LogP contribution in [0.3, 0.4) is 0 Å². The third-order valence-corrected chi connectivity index (χ3v) is 2.52. The van der Waals surface area contributed by atoms with E-state index in [-0.39, 0.29) is 0 Å². The lowest BCUT2D eigenvalue weighted by Gasteiger charge is -1.98. The molecule has 1 aromatic heterocycles. The molecule has 0 atom stereocenters. The second kappa shape index (κ2) is 3.59. The van der Waals surface area contributed by atoms with Gasteiger partial charge in [-0.2, -0.15) is 5.21 Å². The van der Waals surface area contributed by atoms with Crippen molar-refractivity contribution in [2.45, 2.75) is 0 Å². The van der Waals surface area contributed by atoms with E-state index in [0.29, 0.717) is 10.8 Å². The van der Waals surface area contributed by atoms with Gasteiger partial charge in [-0.25, -0.2) is 0 Å². The Kier molecular flexibility index (Phi) is 2.45. The zero-order valence-corrected chi connectivity index (χ0v) is 9.24. The molecule has 1 aromatic carbocycles. The maximum absolute atomic E-state index is 5.96. The summed E-state index contributed by atoms with van der Waals surface area (Å²) in [6.07, 6.45) is 0. The lowest BCUT2D eigenvalue weighted by atomic mass is 10.2. The van der Waals surface area contributed by atoms with Crippen molar-refractivity contribution in [2.24, 2.45) is 0 Å². The van der Waals surface area contributed by atoms with Crippen LogP contribution in [0.5, 0.6) is 0 Å². The highest BCUT2D eigenvalue weighted by molar-refractivity contribution is 14.1. The lowest BCUT2D eigenvalue weighted by molar-refractivity contribution is 0.881. The topological polar surface area (TPSA) is 54.5 Å². The van der Waals surface area contributed by atoms with Gasteiger partial charge in [-0.3, -0.25) is 0 Å². The molecule has 0 unspecified atom stereocenters. The van der Waals surface area contributed by atoms with Gasteiger partial charge in [0.05, 0.1) is 5.02 Å². The minimum atomic E-state index is 0.517. The highest BCUT2D eigenvalue weighted by atomic mass is 127. The molecule has 0 spiro atoms. The second-order valence-electron chi connectivity index (χ2n) is 2.36. The largest absolute Gasteiger partial charge is 0.206 e.